The molecule has 0 amide bonds. The molecule has 1 unspecified atom stereocenters. The van der Waals surface area contributed by atoms with Gasteiger partial charge in [-0.25, -0.2) is 13.3 Å². The molecule has 0 bridgehead atoms. The molecule has 0 saturated heterocycles. The molecule has 0 spiro atoms. The van der Waals surface area contributed by atoms with E-state index < -0.39 is 52.0 Å². The van der Waals surface area contributed by atoms with Crippen LogP contribution in [0.4, 0.5) is 4.39 Å². The first-order valence-electron chi connectivity index (χ1n) is 4.76. The van der Waals surface area contributed by atoms with Crippen LogP contribution in [-0.2, 0) is 18.2 Å². The molecule has 0 heterocycles. The number of hydrogen-bond donors (Lipinski definition) is 7. The molecule has 0 aromatic rings. The lowest BCUT2D eigenvalue weighted by molar-refractivity contribution is -0.132. The van der Waals surface area contributed by atoms with Gasteiger partial charge < -0.3 is 35.1 Å². The highest BCUT2D eigenvalue weighted by atomic mass is 31.3. The van der Waals surface area contributed by atoms with E-state index in [4.69, 9.17) is 35.1 Å². The Kier molecular flexibility index (Phi) is 7.05. The van der Waals surface area contributed by atoms with Crippen LogP contribution in [0.25, 0.3) is 0 Å². The Labute approximate surface area is 111 Å². The third-order valence-corrected chi connectivity index (χ3v) is 4.50. The van der Waals surface area contributed by atoms with Gasteiger partial charge in [0.05, 0.1) is 6.61 Å². The van der Waals surface area contributed by atoms with Crippen molar-refractivity contribution in [1.82, 2.24) is 0 Å². The maximum atomic E-state index is 13.4. The van der Waals surface area contributed by atoms with Crippen molar-refractivity contribution in [3.05, 3.63) is 0 Å². The third kappa shape index (κ3) is 5.62. The zero-order valence-corrected chi connectivity index (χ0v) is 11.3. The number of carbonyl (C=O) groups excluding carboxylic acids is 1. The van der Waals surface area contributed by atoms with Crippen molar-refractivity contribution in [2.75, 3.05) is 6.61 Å². The summed E-state index contributed by atoms with van der Waals surface area (Å²) in [5.41, 5.74) is -2.43. The Balaban J connectivity index is 5.02. The van der Waals surface area contributed by atoms with Gasteiger partial charge in [-0.2, -0.15) is 0 Å². The van der Waals surface area contributed by atoms with Gasteiger partial charge in [0.2, 0.25) is 0 Å². The maximum Gasteiger partial charge on any atom is 0.477 e. The van der Waals surface area contributed by atoms with Crippen LogP contribution in [0.2, 0.25) is 0 Å². The third-order valence-electron chi connectivity index (χ3n) is 1.96. The molecule has 0 aromatic carbocycles. The summed E-state index contributed by atoms with van der Waals surface area (Å²) in [7, 11) is -11.4. The van der Waals surface area contributed by atoms with E-state index in [0.29, 0.717) is 0 Å². The Morgan fingerprint density at radius 3 is 1.90 bits per heavy atom. The molecule has 120 valence electrons. The highest BCUT2D eigenvalue weighted by molar-refractivity contribution is 7.76. The molecule has 0 aliphatic carbocycles. The fraction of sp³-hybridized carbons (Fsp3) is 0.833. The summed E-state index contributed by atoms with van der Waals surface area (Å²) in [5.74, 6) is 0. The molecular formula is C6H13FO11P2. The van der Waals surface area contributed by atoms with Gasteiger partial charge >= 0.3 is 15.4 Å². The quantitative estimate of drug-likeness (QED) is 0.225. The molecule has 14 heteroatoms. The number of alkyl halides is 1. The number of aliphatic hydroxyl groups is 4. The Morgan fingerprint density at radius 2 is 1.55 bits per heavy atom. The van der Waals surface area contributed by atoms with Crippen LogP contribution in [0.1, 0.15) is 0 Å². The maximum absolute atomic E-state index is 13.4. The van der Waals surface area contributed by atoms with Crippen molar-refractivity contribution in [3.63, 3.8) is 0 Å². The summed E-state index contributed by atoms with van der Waals surface area (Å²) in [6.07, 6.45) is -10.5. The molecule has 0 radical (unpaired) electrons. The van der Waals surface area contributed by atoms with Crippen molar-refractivity contribution < 1.29 is 57.7 Å². The minimum absolute atomic E-state index is 1.12. The lowest BCUT2D eigenvalue weighted by Gasteiger charge is -2.24. The van der Waals surface area contributed by atoms with Crippen molar-refractivity contribution in [2.45, 2.75) is 24.5 Å². The van der Waals surface area contributed by atoms with E-state index in [1.165, 1.54) is 0 Å². The first kappa shape index (κ1) is 19.7. The summed E-state index contributed by atoms with van der Waals surface area (Å²) < 4.78 is 38.0. The van der Waals surface area contributed by atoms with E-state index in [-0.39, 0.29) is 0 Å². The summed E-state index contributed by atoms with van der Waals surface area (Å²) >= 11 is 0. The van der Waals surface area contributed by atoms with Gasteiger partial charge in [-0.15, -0.1) is 0 Å². The lowest BCUT2D eigenvalue weighted by Crippen LogP contribution is -2.46. The van der Waals surface area contributed by atoms with Crippen LogP contribution in [0.15, 0.2) is 0 Å². The van der Waals surface area contributed by atoms with Gasteiger partial charge in [-0.1, -0.05) is 0 Å². The van der Waals surface area contributed by atoms with Crippen LogP contribution in [0, 0.1) is 0 Å². The predicted octanol–water partition coefficient (Wildman–Crippen LogP) is -2.78. The van der Waals surface area contributed by atoms with Crippen molar-refractivity contribution in [2.24, 2.45) is 0 Å². The van der Waals surface area contributed by atoms with Gasteiger partial charge in [-0.3, -0.25) is 9.36 Å². The van der Waals surface area contributed by atoms with Crippen molar-refractivity contribution in [3.8, 4) is 0 Å². The first-order chi connectivity index (χ1) is 8.83. The van der Waals surface area contributed by atoms with Crippen LogP contribution in [0.5, 0.6) is 0 Å². The predicted molar refractivity (Wildman–Crippen MR) is 58.0 cm³/mol. The molecule has 0 saturated carbocycles. The summed E-state index contributed by atoms with van der Waals surface area (Å²) in [6, 6.07) is 0. The van der Waals surface area contributed by atoms with Crippen LogP contribution in [-0.4, -0.2) is 71.7 Å². The van der Waals surface area contributed by atoms with Gasteiger partial charge in [-0.05, 0) is 0 Å². The number of rotatable bonds is 8. The molecule has 0 rings (SSSR count). The van der Waals surface area contributed by atoms with Crippen molar-refractivity contribution >= 4 is 20.9 Å². The van der Waals surface area contributed by atoms with E-state index in [0.717, 1.165) is 0 Å². The SMILES string of the molecule is O=C([C@@H](F)[C@@H](O)[C@H](O)[C@H](O)CO)P(=O)(O)OP(=O)(O)O. The molecule has 0 fully saturated rings. The minimum Gasteiger partial charge on any atom is -0.394 e. The Bertz CT molecular complexity index is 435. The van der Waals surface area contributed by atoms with Crippen LogP contribution >= 0.6 is 15.4 Å². The molecule has 20 heavy (non-hydrogen) atoms. The zero-order chi connectivity index (χ0) is 16.3. The molecule has 7 N–H and O–H groups in total. The van der Waals surface area contributed by atoms with Gasteiger partial charge in [0.1, 0.15) is 18.3 Å². The first-order valence-corrected chi connectivity index (χ1v) is 7.87. The monoisotopic (exact) mass is 342 g/mol. The highest BCUT2D eigenvalue weighted by Crippen LogP contribution is 2.58. The largest absolute Gasteiger partial charge is 0.477 e. The minimum atomic E-state index is -5.79. The number of carbonyl (C=O) groups is 1. The molecule has 5 atom stereocenters. The second kappa shape index (κ2) is 7.14. The molecule has 0 aliphatic rings. The number of phosphoric acid groups is 1. The fourth-order valence-corrected chi connectivity index (χ4v) is 2.93. The number of hydrogen-bond acceptors (Lipinski definition) is 8. The van der Waals surface area contributed by atoms with E-state index in [1.54, 1.807) is 0 Å². The fourth-order valence-electron chi connectivity index (χ4n) is 0.995. The van der Waals surface area contributed by atoms with E-state index >= 15 is 0 Å². The van der Waals surface area contributed by atoms with Crippen LogP contribution in [0.3, 0.4) is 0 Å². The number of halogens is 1. The van der Waals surface area contributed by atoms with Gasteiger partial charge in [0, 0.05) is 0 Å². The van der Waals surface area contributed by atoms with Crippen LogP contribution < -0.4 is 0 Å². The second-order valence-corrected chi connectivity index (χ2v) is 6.68. The topological polar surface area (TPSA) is 202 Å². The average Bonchev–Trinajstić information content (AvgIpc) is 2.31. The van der Waals surface area contributed by atoms with E-state index in [9.17, 15) is 18.3 Å². The molecule has 0 aromatic heterocycles. The standard InChI is InChI=1S/C6H13FO11P2/c7-3(5(11)4(10)2(9)1-8)6(12)19(13,14)18-20(15,16)17/h2-5,8-11H,1H2,(H,13,14)(H2,15,16,17)/t2-,3+,4-,5-/m1/s1. The Morgan fingerprint density at radius 1 is 1.10 bits per heavy atom. The molecule has 0 aliphatic heterocycles. The average molecular weight is 342 g/mol. The highest BCUT2D eigenvalue weighted by Gasteiger charge is 2.47. The molecular weight excluding hydrogens is 329 g/mol. The van der Waals surface area contributed by atoms with Crippen molar-refractivity contribution in [1.29, 1.82) is 0 Å². The number of aliphatic hydroxyl groups excluding tert-OH is 4. The molecule has 11 nitrogen and oxygen atoms in total. The summed E-state index contributed by atoms with van der Waals surface area (Å²) in [4.78, 5) is 36.5. The van der Waals surface area contributed by atoms with Gasteiger partial charge in [0.15, 0.2) is 6.17 Å². The Hall–Kier alpha value is -0.260. The normalized spacial score (nSPS) is 21.6. The zero-order valence-electron chi connectivity index (χ0n) is 9.55. The second-order valence-electron chi connectivity index (χ2n) is 3.56. The summed E-state index contributed by atoms with van der Waals surface area (Å²) in [5, 5.41) is 35.5. The lowest BCUT2D eigenvalue weighted by atomic mass is 10.1. The van der Waals surface area contributed by atoms with E-state index in [1.807, 2.05) is 0 Å². The van der Waals surface area contributed by atoms with Gasteiger partial charge in [0.25, 0.3) is 5.52 Å². The van der Waals surface area contributed by atoms with E-state index in [2.05, 4.69) is 4.31 Å². The smallest absolute Gasteiger partial charge is 0.394 e. The summed E-state index contributed by atoms with van der Waals surface area (Å²) in [6.45, 7) is -1.12.